The van der Waals surface area contributed by atoms with Crippen molar-refractivity contribution in [2.45, 2.75) is 32.2 Å². The van der Waals surface area contributed by atoms with Crippen molar-refractivity contribution in [3.05, 3.63) is 30.1 Å². The molecule has 2 aromatic rings. The molecule has 0 aromatic carbocycles. The van der Waals surface area contributed by atoms with E-state index in [0.717, 1.165) is 23.7 Å². The molecule has 5 heteroatoms. The first kappa shape index (κ1) is 10.3. The summed E-state index contributed by atoms with van der Waals surface area (Å²) in [5.41, 5.74) is 0.784. The van der Waals surface area contributed by atoms with Crippen LogP contribution in [0.4, 0.5) is 5.82 Å². The third kappa shape index (κ3) is 2.00. The van der Waals surface area contributed by atoms with Gasteiger partial charge in [0, 0.05) is 6.04 Å². The highest BCUT2D eigenvalue weighted by Gasteiger charge is 2.09. The van der Waals surface area contributed by atoms with E-state index in [9.17, 15) is 0 Å². The second kappa shape index (κ2) is 4.16. The molecule has 2 aromatic heterocycles. The fraction of sp³-hybridized carbons (Fsp3) is 0.417. The smallest absolute Gasteiger partial charge is 0.178 e. The van der Waals surface area contributed by atoms with Crippen LogP contribution in [0.2, 0.25) is 0 Å². The van der Waals surface area contributed by atoms with Crippen molar-refractivity contribution in [2.24, 2.45) is 0 Å². The Hall–Kier alpha value is -1.91. The van der Waals surface area contributed by atoms with E-state index in [1.54, 1.807) is 4.52 Å². The normalized spacial score (nSPS) is 19.7. The topological polar surface area (TPSA) is 55.1 Å². The first-order valence-electron chi connectivity index (χ1n) is 5.95. The highest BCUT2D eigenvalue weighted by atomic mass is 15.4. The molecule has 0 aliphatic heterocycles. The molecule has 5 nitrogen and oxygen atoms in total. The van der Waals surface area contributed by atoms with E-state index in [1.807, 2.05) is 19.1 Å². The van der Waals surface area contributed by atoms with Crippen LogP contribution in [0, 0.1) is 6.92 Å². The summed E-state index contributed by atoms with van der Waals surface area (Å²) < 4.78 is 1.76. The quantitative estimate of drug-likeness (QED) is 0.800. The average Bonchev–Trinajstić information content (AvgIpc) is 2.73. The van der Waals surface area contributed by atoms with E-state index < -0.39 is 0 Å². The molecule has 0 unspecified atom stereocenters. The highest BCUT2D eigenvalue weighted by Crippen LogP contribution is 2.15. The van der Waals surface area contributed by atoms with E-state index in [0.29, 0.717) is 6.04 Å². The van der Waals surface area contributed by atoms with Crippen molar-refractivity contribution in [3.8, 4) is 0 Å². The van der Waals surface area contributed by atoms with Gasteiger partial charge in [-0.1, -0.05) is 12.2 Å². The van der Waals surface area contributed by atoms with Crippen LogP contribution >= 0.6 is 0 Å². The molecule has 0 saturated heterocycles. The Morgan fingerprint density at radius 3 is 3.12 bits per heavy atom. The van der Waals surface area contributed by atoms with Crippen molar-refractivity contribution in [2.75, 3.05) is 5.32 Å². The number of rotatable bonds is 2. The monoisotopic (exact) mass is 229 g/mol. The van der Waals surface area contributed by atoms with Crippen LogP contribution < -0.4 is 5.32 Å². The zero-order valence-electron chi connectivity index (χ0n) is 9.80. The molecule has 1 atom stereocenters. The van der Waals surface area contributed by atoms with E-state index in [-0.39, 0.29) is 0 Å². The number of aryl methyl sites for hydroxylation is 1. The van der Waals surface area contributed by atoms with Crippen molar-refractivity contribution in [1.29, 1.82) is 0 Å². The number of allylic oxidation sites excluding steroid dienone is 1. The van der Waals surface area contributed by atoms with E-state index in [2.05, 4.69) is 32.8 Å². The number of hydrogen-bond donors (Lipinski definition) is 1. The third-order valence-corrected chi connectivity index (χ3v) is 3.01. The second-order valence-corrected chi connectivity index (χ2v) is 4.35. The Labute approximate surface area is 99.6 Å². The molecular weight excluding hydrogens is 214 g/mol. The van der Waals surface area contributed by atoms with Crippen LogP contribution in [-0.2, 0) is 0 Å². The fourth-order valence-electron chi connectivity index (χ4n) is 2.10. The van der Waals surface area contributed by atoms with Gasteiger partial charge < -0.3 is 5.32 Å². The van der Waals surface area contributed by atoms with E-state index >= 15 is 0 Å². The number of fused-ring (bicyclic) bond motifs is 1. The summed E-state index contributed by atoms with van der Waals surface area (Å²) >= 11 is 0. The minimum absolute atomic E-state index is 0.394. The lowest BCUT2D eigenvalue weighted by Crippen LogP contribution is -2.19. The molecule has 0 bridgehead atoms. The van der Waals surface area contributed by atoms with Crippen molar-refractivity contribution in [3.63, 3.8) is 0 Å². The lowest BCUT2D eigenvalue weighted by Gasteiger charge is -2.18. The zero-order chi connectivity index (χ0) is 11.7. The van der Waals surface area contributed by atoms with Crippen LogP contribution in [0.5, 0.6) is 0 Å². The SMILES string of the molecule is Cc1nnc2ccc(N[C@H]3C=CCCC3)nn12. The summed E-state index contributed by atoms with van der Waals surface area (Å²) in [7, 11) is 0. The van der Waals surface area contributed by atoms with Crippen LogP contribution in [0.1, 0.15) is 25.1 Å². The molecular formula is C12H15N5. The maximum atomic E-state index is 4.48. The average molecular weight is 229 g/mol. The van der Waals surface area contributed by atoms with Gasteiger partial charge in [-0.25, -0.2) is 0 Å². The summed E-state index contributed by atoms with van der Waals surface area (Å²) in [6.07, 6.45) is 8.03. The molecule has 0 fully saturated rings. The van der Waals surface area contributed by atoms with Gasteiger partial charge in [0.05, 0.1) is 0 Å². The Kier molecular flexibility index (Phi) is 2.51. The van der Waals surface area contributed by atoms with Gasteiger partial charge in [0.15, 0.2) is 11.5 Å². The van der Waals surface area contributed by atoms with Crippen LogP contribution in [-0.4, -0.2) is 25.9 Å². The minimum Gasteiger partial charge on any atom is -0.362 e. The lowest BCUT2D eigenvalue weighted by atomic mass is 10.0. The van der Waals surface area contributed by atoms with Crippen LogP contribution in [0.25, 0.3) is 5.65 Å². The highest BCUT2D eigenvalue weighted by molar-refractivity contribution is 5.44. The molecule has 88 valence electrons. The molecule has 0 spiro atoms. The molecule has 0 radical (unpaired) electrons. The summed E-state index contributed by atoms with van der Waals surface area (Å²) in [5.74, 6) is 1.68. The van der Waals surface area contributed by atoms with Crippen molar-refractivity contribution in [1.82, 2.24) is 19.8 Å². The second-order valence-electron chi connectivity index (χ2n) is 4.35. The predicted molar refractivity (Wildman–Crippen MR) is 65.9 cm³/mol. The van der Waals surface area contributed by atoms with Crippen LogP contribution in [0.15, 0.2) is 24.3 Å². The first-order chi connectivity index (χ1) is 8.33. The van der Waals surface area contributed by atoms with E-state index in [1.165, 1.54) is 12.8 Å². The molecule has 17 heavy (non-hydrogen) atoms. The Balaban J connectivity index is 1.87. The summed E-state index contributed by atoms with van der Waals surface area (Å²) in [5, 5.41) is 15.9. The number of nitrogens with one attached hydrogen (secondary N) is 1. The van der Waals surface area contributed by atoms with Gasteiger partial charge in [0.25, 0.3) is 0 Å². The number of anilines is 1. The number of hydrogen-bond acceptors (Lipinski definition) is 4. The van der Waals surface area contributed by atoms with Gasteiger partial charge in [-0.2, -0.15) is 4.52 Å². The maximum absolute atomic E-state index is 4.48. The standard InChI is InChI=1S/C12H15N5/c1-9-14-15-12-8-7-11(16-17(9)12)13-10-5-3-2-4-6-10/h3,5,7-8,10H,2,4,6H2,1H3,(H,13,16)/t10-/m0/s1. The number of aromatic nitrogens is 4. The third-order valence-electron chi connectivity index (χ3n) is 3.01. The Morgan fingerprint density at radius 1 is 1.35 bits per heavy atom. The predicted octanol–water partition coefficient (Wildman–Crippen LogP) is 1.95. The number of nitrogens with zero attached hydrogens (tertiary/aromatic N) is 4. The van der Waals surface area contributed by atoms with Gasteiger partial charge in [0.2, 0.25) is 0 Å². The molecule has 2 heterocycles. The Bertz CT molecular complexity index is 557. The van der Waals surface area contributed by atoms with Crippen molar-refractivity contribution >= 4 is 11.5 Å². The first-order valence-corrected chi connectivity index (χ1v) is 5.95. The summed E-state index contributed by atoms with van der Waals surface area (Å²) in [6.45, 7) is 1.90. The minimum atomic E-state index is 0.394. The molecule has 1 aliphatic carbocycles. The summed E-state index contributed by atoms with van der Waals surface area (Å²) in [6, 6.07) is 4.28. The van der Waals surface area contributed by atoms with Crippen molar-refractivity contribution < 1.29 is 0 Å². The van der Waals surface area contributed by atoms with Gasteiger partial charge in [-0.05, 0) is 38.3 Å². The van der Waals surface area contributed by atoms with Gasteiger partial charge >= 0.3 is 0 Å². The largest absolute Gasteiger partial charge is 0.362 e. The molecule has 1 aliphatic rings. The zero-order valence-corrected chi connectivity index (χ0v) is 9.80. The van der Waals surface area contributed by atoms with Gasteiger partial charge in [0.1, 0.15) is 5.82 Å². The van der Waals surface area contributed by atoms with E-state index in [4.69, 9.17) is 0 Å². The van der Waals surface area contributed by atoms with Gasteiger partial charge in [-0.15, -0.1) is 15.3 Å². The summed E-state index contributed by atoms with van der Waals surface area (Å²) in [4.78, 5) is 0. The fourth-order valence-corrected chi connectivity index (χ4v) is 2.10. The van der Waals surface area contributed by atoms with Gasteiger partial charge in [-0.3, -0.25) is 0 Å². The molecule has 0 saturated carbocycles. The molecule has 1 N–H and O–H groups in total. The molecule has 0 amide bonds. The molecule has 3 rings (SSSR count). The Morgan fingerprint density at radius 2 is 2.29 bits per heavy atom. The van der Waals surface area contributed by atoms with Crippen LogP contribution in [0.3, 0.4) is 0 Å². The lowest BCUT2D eigenvalue weighted by molar-refractivity contribution is 0.669. The maximum Gasteiger partial charge on any atom is 0.178 e.